The van der Waals surface area contributed by atoms with Crippen molar-refractivity contribution in [3.63, 3.8) is 0 Å². The van der Waals surface area contributed by atoms with Gasteiger partial charge in [0.15, 0.2) is 21.7 Å². The highest BCUT2D eigenvalue weighted by atomic mass is 32.2. The van der Waals surface area contributed by atoms with Crippen molar-refractivity contribution in [2.24, 2.45) is 23.2 Å². The second kappa shape index (κ2) is 7.53. The largest absolute Gasteiger partial charge is 0.455 e. The maximum Gasteiger partial charge on any atom is 0.307 e. The number of Topliss-reactive ketones (excluding diaryl/α,β-unsaturated/α-hetero) is 1. The van der Waals surface area contributed by atoms with Crippen molar-refractivity contribution in [1.29, 1.82) is 0 Å². The van der Waals surface area contributed by atoms with E-state index in [2.05, 4.69) is 0 Å². The Bertz CT molecular complexity index is 864. The first-order chi connectivity index (χ1) is 13.7. The van der Waals surface area contributed by atoms with E-state index in [1.807, 2.05) is 6.92 Å². The Balaban J connectivity index is 1.34. The summed E-state index contributed by atoms with van der Waals surface area (Å²) in [5.74, 6) is 1.05. The summed E-state index contributed by atoms with van der Waals surface area (Å²) in [7, 11) is -3.55. The number of hydrogen-bond donors (Lipinski definition) is 0. The molecule has 158 valence electrons. The molecule has 4 aliphatic rings. The third kappa shape index (κ3) is 4.14. The van der Waals surface area contributed by atoms with Gasteiger partial charge in [0.05, 0.1) is 17.1 Å². The summed E-state index contributed by atoms with van der Waals surface area (Å²) in [4.78, 5) is 25.7. The summed E-state index contributed by atoms with van der Waals surface area (Å²) in [6, 6.07) is 6.57. The van der Waals surface area contributed by atoms with Crippen LogP contribution in [0, 0.1) is 30.1 Å². The van der Waals surface area contributed by atoms with E-state index in [0.29, 0.717) is 17.8 Å². The number of rotatable bonds is 7. The molecule has 0 heterocycles. The second-order valence-corrected chi connectivity index (χ2v) is 11.7. The van der Waals surface area contributed by atoms with Gasteiger partial charge in [0.25, 0.3) is 0 Å². The molecular weight excluding hydrogens is 388 g/mol. The Morgan fingerprint density at radius 1 is 1.03 bits per heavy atom. The molecule has 0 saturated heterocycles. The lowest BCUT2D eigenvalue weighted by atomic mass is 9.48. The highest BCUT2D eigenvalue weighted by Crippen LogP contribution is 2.60. The predicted octanol–water partition coefficient (Wildman–Crippen LogP) is 3.88. The highest BCUT2D eigenvalue weighted by molar-refractivity contribution is 7.91. The van der Waals surface area contributed by atoms with Crippen LogP contribution in [0.4, 0.5) is 0 Å². The molecule has 0 amide bonds. The molecule has 1 aromatic carbocycles. The number of aryl methyl sites for hydroxylation is 1. The molecule has 4 bridgehead atoms. The molecule has 0 aromatic heterocycles. The number of carbonyl (C=O) groups is 2. The Labute approximate surface area is 173 Å². The summed E-state index contributed by atoms with van der Waals surface area (Å²) in [6.45, 7) is 3.53. The second-order valence-electron chi connectivity index (χ2n) is 9.58. The van der Waals surface area contributed by atoms with Crippen molar-refractivity contribution in [2.75, 3.05) is 5.75 Å². The van der Waals surface area contributed by atoms with Crippen molar-refractivity contribution in [1.82, 2.24) is 0 Å². The van der Waals surface area contributed by atoms with Crippen LogP contribution in [0.1, 0.15) is 57.4 Å². The highest BCUT2D eigenvalue weighted by Gasteiger charge is 2.55. The van der Waals surface area contributed by atoms with E-state index in [-0.39, 0.29) is 28.3 Å². The topological polar surface area (TPSA) is 77.5 Å². The lowest BCUT2D eigenvalue weighted by Crippen LogP contribution is -2.52. The summed E-state index contributed by atoms with van der Waals surface area (Å²) >= 11 is 0. The molecule has 6 heteroatoms. The van der Waals surface area contributed by atoms with Gasteiger partial charge in [-0.1, -0.05) is 17.7 Å². The van der Waals surface area contributed by atoms with E-state index in [1.165, 1.54) is 19.3 Å². The van der Waals surface area contributed by atoms with E-state index in [9.17, 15) is 18.0 Å². The van der Waals surface area contributed by atoms with Crippen LogP contribution in [0.2, 0.25) is 0 Å². The summed E-state index contributed by atoms with van der Waals surface area (Å²) < 4.78 is 30.2. The molecule has 29 heavy (non-hydrogen) atoms. The molecular formula is C23H30O5S. The number of hydrogen-bond acceptors (Lipinski definition) is 5. The molecule has 5 rings (SSSR count). The van der Waals surface area contributed by atoms with Crippen molar-refractivity contribution in [3.8, 4) is 0 Å². The van der Waals surface area contributed by atoms with Gasteiger partial charge in [0, 0.05) is 5.41 Å². The van der Waals surface area contributed by atoms with E-state index >= 15 is 0 Å². The summed E-state index contributed by atoms with van der Waals surface area (Å²) in [6.07, 6.45) is 5.49. The van der Waals surface area contributed by atoms with Crippen LogP contribution < -0.4 is 0 Å². The van der Waals surface area contributed by atoms with Crippen molar-refractivity contribution >= 4 is 21.6 Å². The minimum absolute atomic E-state index is 0.0475. The van der Waals surface area contributed by atoms with Gasteiger partial charge in [-0.3, -0.25) is 9.59 Å². The lowest BCUT2D eigenvalue weighted by molar-refractivity contribution is -0.164. The standard InChI is InChI=1S/C23H30O5S/c1-15-3-5-20(6-4-15)29(26,27)8-7-21(24)28-16(2)22(25)23-12-17-9-18(13-23)11-19(10-17)14-23/h3-6,16-19H,7-14H2,1-2H3/t16-,17?,18?,19?,23?/m1/s1. The molecule has 0 radical (unpaired) electrons. The van der Waals surface area contributed by atoms with Gasteiger partial charge >= 0.3 is 5.97 Å². The maximum atomic E-state index is 13.2. The number of sulfone groups is 1. The summed E-state index contributed by atoms with van der Waals surface area (Å²) in [5.41, 5.74) is 0.656. The SMILES string of the molecule is Cc1ccc(S(=O)(=O)CCC(=O)O[C@H](C)C(=O)C23CC4CC(CC(C4)C2)C3)cc1. The van der Waals surface area contributed by atoms with Gasteiger partial charge in [0.2, 0.25) is 0 Å². The van der Waals surface area contributed by atoms with Crippen LogP contribution in [0.25, 0.3) is 0 Å². The first-order valence-electron chi connectivity index (χ1n) is 10.7. The third-order valence-electron chi connectivity index (χ3n) is 7.19. The Morgan fingerprint density at radius 3 is 2.07 bits per heavy atom. The lowest BCUT2D eigenvalue weighted by Gasteiger charge is -2.56. The molecule has 1 atom stereocenters. The molecule has 0 unspecified atom stereocenters. The van der Waals surface area contributed by atoms with E-state index in [0.717, 1.165) is 24.8 Å². The Hall–Kier alpha value is -1.69. The molecule has 4 fully saturated rings. The van der Waals surface area contributed by atoms with Gasteiger partial charge in [-0.2, -0.15) is 0 Å². The number of benzene rings is 1. The van der Waals surface area contributed by atoms with Crippen molar-refractivity contribution < 1.29 is 22.7 Å². The summed E-state index contributed by atoms with van der Waals surface area (Å²) in [5, 5.41) is 0. The van der Waals surface area contributed by atoms with Crippen molar-refractivity contribution in [3.05, 3.63) is 29.8 Å². The van der Waals surface area contributed by atoms with Crippen LogP contribution in [0.5, 0.6) is 0 Å². The Morgan fingerprint density at radius 2 is 1.55 bits per heavy atom. The monoisotopic (exact) mass is 418 g/mol. The van der Waals surface area contributed by atoms with Gasteiger partial charge in [0.1, 0.15) is 0 Å². The van der Waals surface area contributed by atoms with Gasteiger partial charge in [-0.15, -0.1) is 0 Å². The average molecular weight is 419 g/mol. The molecule has 5 nitrogen and oxygen atoms in total. The smallest absolute Gasteiger partial charge is 0.307 e. The molecule has 0 N–H and O–H groups in total. The van der Waals surface area contributed by atoms with Crippen molar-refractivity contribution in [2.45, 2.75) is 69.8 Å². The zero-order chi connectivity index (χ0) is 20.8. The first-order valence-corrected chi connectivity index (χ1v) is 12.4. The fourth-order valence-corrected chi connectivity index (χ4v) is 7.46. The fraction of sp³-hybridized carbons (Fsp3) is 0.652. The minimum Gasteiger partial charge on any atom is -0.455 e. The van der Waals surface area contributed by atoms with Crippen LogP contribution >= 0.6 is 0 Å². The van der Waals surface area contributed by atoms with E-state index < -0.39 is 21.9 Å². The van der Waals surface area contributed by atoms with Crippen LogP contribution in [-0.2, 0) is 24.2 Å². The zero-order valence-electron chi connectivity index (χ0n) is 17.2. The molecule has 0 aliphatic heterocycles. The number of esters is 1. The van der Waals surface area contributed by atoms with Crippen LogP contribution in [-0.4, -0.2) is 32.0 Å². The van der Waals surface area contributed by atoms with E-state index in [1.54, 1.807) is 31.2 Å². The molecule has 4 aliphatic carbocycles. The normalized spacial score (nSPS) is 31.4. The Kier molecular flexibility index (Phi) is 5.34. The predicted molar refractivity (Wildman–Crippen MR) is 109 cm³/mol. The zero-order valence-corrected chi connectivity index (χ0v) is 18.0. The minimum atomic E-state index is -3.55. The van der Waals surface area contributed by atoms with E-state index in [4.69, 9.17) is 4.74 Å². The average Bonchev–Trinajstić information content (AvgIpc) is 2.65. The van der Waals surface area contributed by atoms with Gasteiger partial charge in [-0.25, -0.2) is 8.42 Å². The molecule has 4 saturated carbocycles. The number of carbonyl (C=O) groups excluding carboxylic acids is 2. The number of ether oxygens (including phenoxy) is 1. The van der Waals surface area contributed by atoms with Gasteiger partial charge in [-0.05, 0) is 82.3 Å². The third-order valence-corrected chi connectivity index (χ3v) is 8.93. The first kappa shape index (κ1) is 20.6. The molecule has 0 spiro atoms. The fourth-order valence-electron chi connectivity index (χ4n) is 6.23. The maximum absolute atomic E-state index is 13.2. The van der Waals surface area contributed by atoms with Gasteiger partial charge < -0.3 is 4.74 Å². The van der Waals surface area contributed by atoms with Crippen LogP contribution in [0.15, 0.2) is 29.2 Å². The quantitative estimate of drug-likeness (QED) is 0.628. The number of ketones is 1. The van der Waals surface area contributed by atoms with Crippen LogP contribution in [0.3, 0.4) is 0 Å². The molecule has 1 aromatic rings.